The van der Waals surface area contributed by atoms with Crippen molar-refractivity contribution in [2.24, 2.45) is 0 Å². The van der Waals surface area contributed by atoms with Gasteiger partial charge in [-0.05, 0) is 43.2 Å². The maximum atomic E-state index is 12.4. The van der Waals surface area contributed by atoms with Crippen molar-refractivity contribution in [1.29, 1.82) is 0 Å². The zero-order valence-electron chi connectivity index (χ0n) is 17.5. The smallest absolute Gasteiger partial charge is 0.235 e. The second-order valence-corrected chi connectivity index (χ2v) is 9.44. The number of rotatable bonds is 10. The molecule has 0 unspecified atom stereocenters. The monoisotopic (exact) mass is 454 g/mol. The van der Waals surface area contributed by atoms with E-state index in [0.29, 0.717) is 22.1 Å². The molecule has 2 aromatic carbocycles. The van der Waals surface area contributed by atoms with Crippen LogP contribution in [0.2, 0.25) is 5.02 Å². The molecule has 0 aliphatic rings. The van der Waals surface area contributed by atoms with Gasteiger partial charge < -0.3 is 14.8 Å². The van der Waals surface area contributed by atoms with Crippen LogP contribution in [0.25, 0.3) is 0 Å². The molecule has 0 aliphatic carbocycles. The van der Waals surface area contributed by atoms with Crippen LogP contribution >= 0.6 is 11.6 Å². The summed E-state index contributed by atoms with van der Waals surface area (Å²) in [4.78, 5) is 12.4. The Kier molecular flexibility index (Phi) is 8.52. The van der Waals surface area contributed by atoms with Crippen molar-refractivity contribution in [1.82, 2.24) is 9.62 Å². The van der Waals surface area contributed by atoms with E-state index in [-0.39, 0.29) is 25.7 Å². The Bertz CT molecular complexity index is 979. The number of ether oxygens (including phenoxy) is 2. The summed E-state index contributed by atoms with van der Waals surface area (Å²) in [5.41, 5.74) is 1.43. The van der Waals surface area contributed by atoms with E-state index in [1.165, 1.54) is 0 Å². The molecule has 0 heterocycles. The normalized spacial score (nSPS) is 11.6. The van der Waals surface area contributed by atoms with Crippen molar-refractivity contribution in [3.63, 3.8) is 0 Å². The number of nitrogens with zero attached hydrogens (tertiary/aromatic N) is 1. The molecule has 0 spiro atoms. The van der Waals surface area contributed by atoms with E-state index in [9.17, 15) is 13.2 Å². The second-order valence-electron chi connectivity index (χ2n) is 7.05. The lowest BCUT2D eigenvalue weighted by atomic mass is 10.2. The highest BCUT2D eigenvalue weighted by atomic mass is 35.5. The van der Waals surface area contributed by atoms with Gasteiger partial charge in [0.1, 0.15) is 0 Å². The number of methoxy groups -OCH3 is 1. The largest absolute Gasteiger partial charge is 0.493 e. The van der Waals surface area contributed by atoms with Crippen molar-refractivity contribution in [3.05, 3.63) is 58.6 Å². The molecule has 0 radical (unpaired) electrons. The lowest BCUT2D eigenvalue weighted by Gasteiger charge is -2.20. The van der Waals surface area contributed by atoms with Gasteiger partial charge in [0.05, 0.1) is 26.0 Å². The van der Waals surface area contributed by atoms with Gasteiger partial charge in [-0.25, -0.2) is 8.42 Å². The molecule has 1 N–H and O–H groups in total. The van der Waals surface area contributed by atoms with E-state index in [2.05, 4.69) is 5.32 Å². The summed E-state index contributed by atoms with van der Waals surface area (Å²) in [6.07, 6.45) is 1.07. The molecule has 30 heavy (non-hydrogen) atoms. The van der Waals surface area contributed by atoms with Gasteiger partial charge in [-0.3, -0.25) is 4.79 Å². The molecule has 0 fully saturated rings. The van der Waals surface area contributed by atoms with E-state index < -0.39 is 15.9 Å². The molecular formula is C21H27ClN2O5S. The van der Waals surface area contributed by atoms with E-state index in [1.54, 1.807) is 43.5 Å². The van der Waals surface area contributed by atoms with Crippen LogP contribution in [-0.4, -0.2) is 44.6 Å². The quantitative estimate of drug-likeness (QED) is 0.595. The molecule has 0 aliphatic heterocycles. The van der Waals surface area contributed by atoms with Crippen molar-refractivity contribution in [2.75, 3.05) is 19.9 Å². The fourth-order valence-corrected chi connectivity index (χ4v) is 3.62. The maximum Gasteiger partial charge on any atom is 0.235 e. The molecule has 7 nitrogen and oxygen atoms in total. The van der Waals surface area contributed by atoms with Crippen molar-refractivity contribution >= 4 is 27.5 Å². The van der Waals surface area contributed by atoms with Gasteiger partial charge in [-0.1, -0.05) is 35.9 Å². The van der Waals surface area contributed by atoms with Gasteiger partial charge in [0.15, 0.2) is 11.5 Å². The Morgan fingerprint density at radius 1 is 1.17 bits per heavy atom. The lowest BCUT2D eigenvalue weighted by Crippen LogP contribution is -2.39. The SMILES string of the molecule is COc1cc(CNC(=O)CN(Cc2ccccc2Cl)S(C)(=O)=O)ccc1OC(C)C. The molecule has 2 aromatic rings. The zero-order valence-corrected chi connectivity index (χ0v) is 19.1. The average Bonchev–Trinajstić information content (AvgIpc) is 2.67. The Morgan fingerprint density at radius 3 is 2.47 bits per heavy atom. The number of sulfonamides is 1. The first-order chi connectivity index (χ1) is 14.1. The third-order valence-electron chi connectivity index (χ3n) is 4.17. The third kappa shape index (κ3) is 7.19. The third-order valence-corrected chi connectivity index (χ3v) is 5.74. The van der Waals surface area contributed by atoms with Crippen molar-refractivity contribution < 1.29 is 22.7 Å². The maximum absolute atomic E-state index is 12.4. The van der Waals surface area contributed by atoms with E-state index in [1.807, 2.05) is 19.9 Å². The van der Waals surface area contributed by atoms with Gasteiger partial charge >= 0.3 is 0 Å². The summed E-state index contributed by atoms with van der Waals surface area (Å²) in [5, 5.41) is 3.19. The second kappa shape index (κ2) is 10.7. The molecule has 1 amide bonds. The Balaban J connectivity index is 2.03. The van der Waals surface area contributed by atoms with Gasteiger partial charge in [0, 0.05) is 18.1 Å². The number of amides is 1. The van der Waals surface area contributed by atoms with Crippen LogP contribution in [-0.2, 0) is 27.9 Å². The minimum absolute atomic E-state index is 0.00421. The number of carbonyl (C=O) groups is 1. The first-order valence-corrected chi connectivity index (χ1v) is 11.6. The predicted octanol–water partition coefficient (Wildman–Crippen LogP) is 3.21. The van der Waals surface area contributed by atoms with Crippen LogP contribution in [0.15, 0.2) is 42.5 Å². The Hall–Kier alpha value is -2.29. The lowest BCUT2D eigenvalue weighted by molar-refractivity contribution is -0.121. The number of nitrogens with one attached hydrogen (secondary N) is 1. The number of hydrogen-bond acceptors (Lipinski definition) is 5. The molecule has 164 valence electrons. The highest BCUT2D eigenvalue weighted by Crippen LogP contribution is 2.29. The summed E-state index contributed by atoms with van der Waals surface area (Å²) in [5.74, 6) is 0.756. The zero-order chi connectivity index (χ0) is 22.3. The average molecular weight is 455 g/mol. The first kappa shape index (κ1) is 24.0. The van der Waals surface area contributed by atoms with Crippen LogP contribution in [0.1, 0.15) is 25.0 Å². The van der Waals surface area contributed by atoms with Gasteiger partial charge in [0.2, 0.25) is 15.9 Å². The summed E-state index contributed by atoms with van der Waals surface area (Å²) < 4.78 is 36.4. The van der Waals surface area contributed by atoms with Crippen molar-refractivity contribution in [2.45, 2.75) is 33.0 Å². The predicted molar refractivity (Wildman–Crippen MR) is 117 cm³/mol. The summed E-state index contributed by atoms with van der Waals surface area (Å²) >= 11 is 6.12. The summed E-state index contributed by atoms with van der Waals surface area (Å²) in [7, 11) is -2.06. The number of benzene rings is 2. The minimum atomic E-state index is -3.61. The van der Waals surface area contributed by atoms with Gasteiger partial charge in [-0.2, -0.15) is 4.31 Å². The van der Waals surface area contributed by atoms with Crippen LogP contribution in [0.5, 0.6) is 11.5 Å². The number of halogens is 1. The first-order valence-electron chi connectivity index (χ1n) is 9.39. The van der Waals surface area contributed by atoms with Gasteiger partial charge in [0.25, 0.3) is 0 Å². The minimum Gasteiger partial charge on any atom is -0.493 e. The molecule has 0 atom stereocenters. The highest BCUT2D eigenvalue weighted by Gasteiger charge is 2.21. The Morgan fingerprint density at radius 2 is 1.87 bits per heavy atom. The summed E-state index contributed by atoms with van der Waals surface area (Å²) in [6.45, 7) is 3.77. The van der Waals surface area contributed by atoms with Crippen LogP contribution in [0.3, 0.4) is 0 Å². The molecule has 2 rings (SSSR count). The molecule has 0 saturated heterocycles. The van der Waals surface area contributed by atoms with Crippen LogP contribution in [0.4, 0.5) is 0 Å². The molecular weight excluding hydrogens is 428 g/mol. The molecule has 0 aromatic heterocycles. The van der Waals surface area contributed by atoms with Crippen molar-refractivity contribution in [3.8, 4) is 11.5 Å². The Labute approximate surface area is 183 Å². The fraction of sp³-hybridized carbons (Fsp3) is 0.381. The van der Waals surface area contributed by atoms with Crippen LogP contribution < -0.4 is 14.8 Å². The van der Waals surface area contributed by atoms with E-state index in [4.69, 9.17) is 21.1 Å². The van der Waals surface area contributed by atoms with Gasteiger partial charge in [-0.15, -0.1) is 0 Å². The standard InChI is InChI=1S/C21H27ClN2O5S/c1-15(2)29-19-10-9-16(11-20(19)28-3)12-23-21(25)14-24(30(4,26)27)13-17-7-5-6-8-18(17)22/h5-11,15H,12-14H2,1-4H3,(H,23,25). The highest BCUT2D eigenvalue weighted by molar-refractivity contribution is 7.88. The number of carbonyl (C=O) groups excluding carboxylic acids is 1. The summed E-state index contributed by atoms with van der Waals surface area (Å²) in [6, 6.07) is 12.3. The molecule has 9 heteroatoms. The topological polar surface area (TPSA) is 84.9 Å². The van der Waals surface area contributed by atoms with Crippen LogP contribution in [0, 0.1) is 0 Å². The fourth-order valence-electron chi connectivity index (χ4n) is 2.70. The molecule has 0 bridgehead atoms. The number of hydrogen-bond donors (Lipinski definition) is 1. The molecule has 0 saturated carbocycles. The van der Waals surface area contributed by atoms with E-state index >= 15 is 0 Å². The van der Waals surface area contributed by atoms with E-state index in [0.717, 1.165) is 16.1 Å².